The normalized spacial score (nSPS) is 10.9. The second-order valence-electron chi connectivity index (χ2n) is 3.66. The van der Waals surface area contributed by atoms with E-state index in [-0.39, 0.29) is 0 Å². The number of rotatable bonds is 7. The van der Waals surface area contributed by atoms with Crippen LogP contribution >= 0.6 is 12.6 Å². The molecule has 90 valence electrons. The van der Waals surface area contributed by atoms with Crippen LogP contribution in [0.3, 0.4) is 0 Å². The second-order valence-corrected chi connectivity index (χ2v) is 4.02. The van der Waals surface area contributed by atoms with Crippen LogP contribution in [0.5, 0.6) is 0 Å². The predicted octanol–water partition coefficient (Wildman–Crippen LogP) is 2.28. The molecule has 4 heteroatoms. The maximum atomic E-state index is 8.63. The zero-order valence-electron chi connectivity index (χ0n) is 9.79. The quantitative estimate of drug-likeness (QED) is 0.593. The average molecular weight is 247 g/mol. The zero-order chi connectivity index (χ0) is 12.3. The lowest BCUT2D eigenvalue weighted by Gasteiger charge is -2.19. The van der Waals surface area contributed by atoms with E-state index in [2.05, 4.69) is 40.7 Å². The van der Waals surface area contributed by atoms with Crippen LogP contribution in [0.15, 0.2) is 36.7 Å². The first-order valence-corrected chi connectivity index (χ1v) is 6.24. The van der Waals surface area contributed by atoms with Gasteiger partial charge in [-0.05, 0) is 11.6 Å². The van der Waals surface area contributed by atoms with Crippen molar-refractivity contribution in [3.63, 3.8) is 0 Å². The van der Waals surface area contributed by atoms with Gasteiger partial charge >= 0.3 is 0 Å². The van der Waals surface area contributed by atoms with Crippen molar-refractivity contribution in [2.24, 2.45) is 0 Å². The number of pyridine rings is 1. The van der Waals surface area contributed by atoms with Gasteiger partial charge in [-0.1, -0.05) is 18.2 Å². The molecule has 0 aliphatic rings. The Morgan fingerprint density at radius 3 is 3.00 bits per heavy atom. The van der Waals surface area contributed by atoms with Crippen LogP contribution in [0.1, 0.15) is 12.0 Å². The van der Waals surface area contributed by atoms with Crippen molar-refractivity contribution in [1.29, 1.82) is 5.26 Å². The second kappa shape index (κ2) is 8.80. The van der Waals surface area contributed by atoms with Crippen molar-refractivity contribution in [2.75, 3.05) is 18.8 Å². The van der Waals surface area contributed by atoms with Crippen molar-refractivity contribution in [3.8, 4) is 6.07 Å². The molecule has 0 saturated heterocycles. The molecule has 0 saturated carbocycles. The Balaban J connectivity index is 2.51. The van der Waals surface area contributed by atoms with Crippen LogP contribution in [0.2, 0.25) is 0 Å². The maximum absolute atomic E-state index is 8.63. The van der Waals surface area contributed by atoms with Crippen LogP contribution in [0.4, 0.5) is 0 Å². The molecule has 0 fully saturated rings. The fourth-order valence-electron chi connectivity index (χ4n) is 1.49. The van der Waals surface area contributed by atoms with Crippen LogP contribution < -0.4 is 0 Å². The zero-order valence-corrected chi connectivity index (χ0v) is 10.7. The number of hydrogen-bond donors (Lipinski definition) is 1. The van der Waals surface area contributed by atoms with Crippen LogP contribution in [-0.2, 0) is 6.54 Å². The highest BCUT2D eigenvalue weighted by atomic mass is 32.1. The Bertz CT molecular complexity index is 370. The molecule has 1 rings (SSSR count). The van der Waals surface area contributed by atoms with Gasteiger partial charge in [-0.2, -0.15) is 17.9 Å². The fraction of sp³-hybridized carbons (Fsp3) is 0.385. The molecule has 1 aromatic rings. The topological polar surface area (TPSA) is 39.9 Å². The molecule has 3 nitrogen and oxygen atoms in total. The minimum atomic E-state index is 0.551. The third-order valence-electron chi connectivity index (χ3n) is 2.30. The fourth-order valence-corrected chi connectivity index (χ4v) is 1.64. The van der Waals surface area contributed by atoms with Crippen molar-refractivity contribution in [2.45, 2.75) is 13.0 Å². The maximum Gasteiger partial charge on any atom is 0.0635 e. The Hall–Kier alpha value is -1.31. The highest BCUT2D eigenvalue weighted by Gasteiger charge is 2.03. The number of nitriles is 1. The van der Waals surface area contributed by atoms with Gasteiger partial charge < -0.3 is 0 Å². The van der Waals surface area contributed by atoms with Gasteiger partial charge in [-0.3, -0.25) is 9.88 Å². The summed E-state index contributed by atoms with van der Waals surface area (Å²) in [5.41, 5.74) is 1.17. The van der Waals surface area contributed by atoms with Gasteiger partial charge in [0, 0.05) is 44.2 Å². The Morgan fingerprint density at radius 2 is 2.35 bits per heavy atom. The van der Waals surface area contributed by atoms with Gasteiger partial charge in [0.05, 0.1) is 6.07 Å². The van der Waals surface area contributed by atoms with Crippen LogP contribution in [0.25, 0.3) is 0 Å². The summed E-state index contributed by atoms with van der Waals surface area (Å²) in [6, 6.07) is 6.16. The van der Waals surface area contributed by atoms with Gasteiger partial charge in [-0.25, -0.2) is 0 Å². The summed E-state index contributed by atoms with van der Waals surface area (Å²) in [6.45, 7) is 2.45. The first-order chi connectivity index (χ1) is 8.36. The van der Waals surface area contributed by atoms with E-state index < -0.39 is 0 Å². The third-order valence-corrected chi connectivity index (χ3v) is 2.52. The van der Waals surface area contributed by atoms with Gasteiger partial charge in [0.1, 0.15) is 0 Å². The molecule has 17 heavy (non-hydrogen) atoms. The largest absolute Gasteiger partial charge is 0.294 e. The first-order valence-electron chi connectivity index (χ1n) is 5.61. The van der Waals surface area contributed by atoms with Gasteiger partial charge in [0.25, 0.3) is 0 Å². The molecule has 0 aromatic carbocycles. The van der Waals surface area contributed by atoms with Gasteiger partial charge in [-0.15, -0.1) is 0 Å². The average Bonchev–Trinajstić information content (AvgIpc) is 2.37. The number of aromatic nitrogens is 1. The highest BCUT2D eigenvalue weighted by Crippen LogP contribution is 2.03. The van der Waals surface area contributed by atoms with Crippen molar-refractivity contribution in [1.82, 2.24) is 9.88 Å². The van der Waals surface area contributed by atoms with E-state index in [1.165, 1.54) is 5.56 Å². The van der Waals surface area contributed by atoms with Crippen molar-refractivity contribution < 1.29 is 0 Å². The van der Waals surface area contributed by atoms with Crippen molar-refractivity contribution in [3.05, 3.63) is 42.2 Å². The number of hydrogen-bond acceptors (Lipinski definition) is 4. The minimum Gasteiger partial charge on any atom is -0.294 e. The molecule has 0 spiro atoms. The third kappa shape index (κ3) is 6.10. The number of thiol groups is 1. The SMILES string of the molecule is N#CCCN(CC=CCS)Cc1cccnc1. The summed E-state index contributed by atoms with van der Waals surface area (Å²) in [6.07, 6.45) is 8.28. The van der Waals surface area contributed by atoms with Gasteiger partial charge in [0.2, 0.25) is 0 Å². The predicted molar refractivity (Wildman–Crippen MR) is 72.7 cm³/mol. The van der Waals surface area contributed by atoms with Crippen LogP contribution in [0, 0.1) is 11.3 Å². The van der Waals surface area contributed by atoms with E-state index in [0.717, 1.165) is 25.4 Å². The molecule has 1 heterocycles. The molecular weight excluding hydrogens is 230 g/mol. The Labute approximate surface area is 108 Å². The smallest absolute Gasteiger partial charge is 0.0635 e. The van der Waals surface area contributed by atoms with E-state index in [4.69, 9.17) is 5.26 Å². The molecule has 0 N–H and O–H groups in total. The lowest BCUT2D eigenvalue weighted by molar-refractivity contribution is 0.301. The highest BCUT2D eigenvalue weighted by molar-refractivity contribution is 7.80. The van der Waals surface area contributed by atoms with E-state index in [9.17, 15) is 0 Å². The lowest BCUT2D eigenvalue weighted by Crippen LogP contribution is -2.24. The minimum absolute atomic E-state index is 0.551. The molecule has 0 aliphatic heterocycles. The first kappa shape index (κ1) is 13.8. The summed E-state index contributed by atoms with van der Waals surface area (Å²) >= 11 is 4.13. The summed E-state index contributed by atoms with van der Waals surface area (Å²) < 4.78 is 0. The molecule has 0 bridgehead atoms. The molecule has 0 radical (unpaired) electrons. The molecule has 0 unspecified atom stereocenters. The monoisotopic (exact) mass is 247 g/mol. The standard InChI is InChI=1S/C13H17N3S/c14-6-4-9-16(8-1-2-10-17)12-13-5-3-7-15-11-13/h1-3,5,7,11,17H,4,8-10,12H2. The summed E-state index contributed by atoms with van der Waals surface area (Å²) in [4.78, 5) is 6.31. The Morgan fingerprint density at radius 1 is 1.47 bits per heavy atom. The van der Waals surface area contributed by atoms with E-state index in [1.54, 1.807) is 6.20 Å². The lowest BCUT2D eigenvalue weighted by atomic mass is 10.2. The number of nitrogens with zero attached hydrogens (tertiary/aromatic N) is 3. The van der Waals surface area contributed by atoms with E-state index in [1.807, 2.05) is 18.3 Å². The summed E-state index contributed by atoms with van der Waals surface area (Å²) in [5, 5.41) is 8.63. The molecule has 0 aliphatic carbocycles. The van der Waals surface area contributed by atoms with Gasteiger partial charge in [0.15, 0.2) is 0 Å². The molecule has 1 aromatic heterocycles. The molecule has 0 amide bonds. The molecule has 0 atom stereocenters. The van der Waals surface area contributed by atoms with E-state index in [0.29, 0.717) is 6.42 Å². The van der Waals surface area contributed by atoms with Crippen LogP contribution in [-0.4, -0.2) is 28.7 Å². The Kier molecular flexibility index (Phi) is 7.12. The molecular formula is C13H17N3S. The summed E-state index contributed by atoms with van der Waals surface area (Å²) in [5.74, 6) is 0.749. The van der Waals surface area contributed by atoms with E-state index >= 15 is 0 Å². The van der Waals surface area contributed by atoms with Crippen molar-refractivity contribution >= 4 is 12.6 Å². The summed E-state index contributed by atoms with van der Waals surface area (Å²) in [7, 11) is 0.